The van der Waals surface area contributed by atoms with Crippen LogP contribution in [-0.4, -0.2) is 22.2 Å². The van der Waals surface area contributed by atoms with Gasteiger partial charge in [-0.1, -0.05) is 56.0 Å². The number of carbonyl (C=O) groups is 2. The summed E-state index contributed by atoms with van der Waals surface area (Å²) in [5.74, 6) is -0.432. The van der Waals surface area contributed by atoms with Crippen LogP contribution < -0.4 is 10.6 Å². The number of benzene rings is 2. The third kappa shape index (κ3) is 4.07. The predicted molar refractivity (Wildman–Crippen MR) is 113 cm³/mol. The van der Waals surface area contributed by atoms with E-state index < -0.39 is 0 Å². The van der Waals surface area contributed by atoms with Gasteiger partial charge in [0.05, 0.1) is 16.0 Å². The molecule has 1 aliphatic rings. The molecule has 0 atom stereocenters. The molecule has 0 unspecified atom stereocenters. The minimum Gasteiger partial charge on any atom is -0.349 e. The van der Waals surface area contributed by atoms with Crippen LogP contribution in [0.4, 0.5) is 5.69 Å². The summed E-state index contributed by atoms with van der Waals surface area (Å²) in [6.07, 6.45) is 6.82. The molecular weight excluding hydrogens is 370 g/mol. The maximum atomic E-state index is 12.9. The summed E-state index contributed by atoms with van der Waals surface area (Å²) in [5.41, 5.74) is 1.38. The van der Waals surface area contributed by atoms with Gasteiger partial charge in [0.1, 0.15) is 5.69 Å². The Kier molecular flexibility index (Phi) is 5.67. The first-order valence-corrected chi connectivity index (χ1v) is 10.6. The average Bonchev–Trinajstić information content (AvgIpc) is 2.98. The molecule has 28 heavy (non-hydrogen) atoms. The summed E-state index contributed by atoms with van der Waals surface area (Å²) in [4.78, 5) is 25.7. The maximum Gasteiger partial charge on any atom is 0.276 e. The van der Waals surface area contributed by atoms with Crippen LogP contribution in [-0.2, 0) is 0 Å². The van der Waals surface area contributed by atoms with Crippen molar-refractivity contribution in [3.63, 3.8) is 0 Å². The summed E-state index contributed by atoms with van der Waals surface area (Å²) in [7, 11) is 0. The van der Waals surface area contributed by atoms with Crippen LogP contribution in [0.2, 0.25) is 0 Å². The van der Waals surface area contributed by atoms with E-state index in [1.165, 1.54) is 24.4 Å². The number of anilines is 1. The number of carbonyl (C=O) groups excluding carboxylic acids is 2. The number of aromatic nitrogens is 1. The van der Waals surface area contributed by atoms with Crippen molar-refractivity contribution in [3.8, 4) is 0 Å². The third-order valence-electron chi connectivity index (χ3n) is 5.20. The Labute approximate surface area is 168 Å². The van der Waals surface area contributed by atoms with Crippen LogP contribution in [0.5, 0.6) is 0 Å². The number of hydrogen-bond donors (Lipinski definition) is 2. The Morgan fingerprint density at radius 3 is 2.43 bits per heavy atom. The fraction of sp³-hybridized carbons (Fsp3) is 0.318. The van der Waals surface area contributed by atoms with Crippen LogP contribution in [0.25, 0.3) is 10.1 Å². The molecule has 1 aliphatic carbocycles. The van der Waals surface area contributed by atoms with E-state index in [0.29, 0.717) is 16.9 Å². The standard InChI is InChI=1S/C22H23N3O2S/c26-21(23-15-9-3-1-2-4-10-15)16-11-5-7-13-18(16)24-22(27)20-17-12-6-8-14-19(17)28-25-20/h5-8,11-15H,1-4,9-10H2,(H,23,26)(H,24,27). The largest absolute Gasteiger partial charge is 0.349 e. The van der Waals surface area contributed by atoms with Crippen molar-refractivity contribution in [2.45, 2.75) is 44.6 Å². The number of para-hydroxylation sites is 1. The molecule has 3 aromatic rings. The van der Waals surface area contributed by atoms with Crippen LogP contribution in [0, 0.1) is 0 Å². The lowest BCUT2D eigenvalue weighted by Gasteiger charge is -2.17. The summed E-state index contributed by atoms with van der Waals surface area (Å²) < 4.78 is 5.26. The summed E-state index contributed by atoms with van der Waals surface area (Å²) >= 11 is 1.30. The highest BCUT2D eigenvalue weighted by Gasteiger charge is 2.20. The lowest BCUT2D eigenvalue weighted by Crippen LogP contribution is -2.35. The first-order chi connectivity index (χ1) is 13.7. The van der Waals surface area contributed by atoms with Crippen LogP contribution in [0.1, 0.15) is 59.4 Å². The highest BCUT2D eigenvalue weighted by Crippen LogP contribution is 2.24. The number of hydrogen-bond acceptors (Lipinski definition) is 4. The summed E-state index contributed by atoms with van der Waals surface area (Å²) in [6, 6.07) is 15.0. The van der Waals surface area contributed by atoms with Crippen molar-refractivity contribution in [2.24, 2.45) is 0 Å². The average molecular weight is 394 g/mol. The summed E-state index contributed by atoms with van der Waals surface area (Å²) in [5, 5.41) is 6.85. The van der Waals surface area contributed by atoms with Crippen molar-refractivity contribution in [1.82, 2.24) is 9.69 Å². The lowest BCUT2D eigenvalue weighted by molar-refractivity contribution is 0.0934. The van der Waals surface area contributed by atoms with Crippen molar-refractivity contribution in [3.05, 3.63) is 59.8 Å². The Morgan fingerprint density at radius 2 is 1.61 bits per heavy atom. The highest BCUT2D eigenvalue weighted by atomic mass is 32.1. The van der Waals surface area contributed by atoms with Gasteiger partial charge >= 0.3 is 0 Å². The molecule has 1 saturated carbocycles. The van der Waals surface area contributed by atoms with Gasteiger partial charge in [0.15, 0.2) is 0 Å². The molecule has 0 bridgehead atoms. The van der Waals surface area contributed by atoms with Gasteiger partial charge in [0.25, 0.3) is 11.8 Å². The lowest BCUT2D eigenvalue weighted by atomic mass is 10.1. The molecule has 0 saturated heterocycles. The molecule has 1 aromatic heterocycles. The van der Waals surface area contributed by atoms with E-state index in [0.717, 1.165) is 35.8 Å². The third-order valence-corrected chi connectivity index (χ3v) is 6.03. The number of nitrogens with zero attached hydrogens (tertiary/aromatic N) is 1. The van der Waals surface area contributed by atoms with Crippen LogP contribution in [0.3, 0.4) is 0 Å². The summed E-state index contributed by atoms with van der Waals surface area (Å²) in [6.45, 7) is 0. The number of rotatable bonds is 4. The molecule has 144 valence electrons. The molecule has 2 N–H and O–H groups in total. The monoisotopic (exact) mass is 393 g/mol. The molecule has 1 fully saturated rings. The van der Waals surface area contributed by atoms with Crippen molar-refractivity contribution in [2.75, 3.05) is 5.32 Å². The van der Waals surface area contributed by atoms with E-state index >= 15 is 0 Å². The molecular formula is C22H23N3O2S. The minimum absolute atomic E-state index is 0.133. The molecule has 0 aliphatic heterocycles. The fourth-order valence-corrected chi connectivity index (χ4v) is 4.48. The van der Waals surface area contributed by atoms with Crippen molar-refractivity contribution >= 4 is 39.1 Å². The van der Waals surface area contributed by atoms with Gasteiger partial charge in [-0.2, -0.15) is 4.37 Å². The van der Waals surface area contributed by atoms with E-state index in [9.17, 15) is 9.59 Å². The minimum atomic E-state index is -0.299. The first kappa shape index (κ1) is 18.6. The Bertz CT molecular complexity index is 990. The van der Waals surface area contributed by atoms with E-state index in [4.69, 9.17) is 0 Å². The number of fused-ring (bicyclic) bond motifs is 1. The van der Waals surface area contributed by atoms with E-state index in [2.05, 4.69) is 15.0 Å². The van der Waals surface area contributed by atoms with Gasteiger partial charge in [-0.3, -0.25) is 9.59 Å². The smallest absolute Gasteiger partial charge is 0.276 e. The normalized spacial score (nSPS) is 15.1. The Hall–Kier alpha value is -2.73. The van der Waals surface area contributed by atoms with Gasteiger partial charge in [0.2, 0.25) is 0 Å². The second kappa shape index (κ2) is 8.52. The molecule has 5 nitrogen and oxygen atoms in total. The zero-order valence-electron chi connectivity index (χ0n) is 15.6. The van der Waals surface area contributed by atoms with Crippen molar-refractivity contribution in [1.29, 1.82) is 0 Å². The van der Waals surface area contributed by atoms with E-state index in [-0.39, 0.29) is 17.9 Å². The van der Waals surface area contributed by atoms with Gasteiger partial charge in [-0.05, 0) is 42.6 Å². The molecule has 0 spiro atoms. The maximum absolute atomic E-state index is 12.9. The molecule has 2 aromatic carbocycles. The van der Waals surface area contributed by atoms with E-state index in [1.54, 1.807) is 12.1 Å². The van der Waals surface area contributed by atoms with E-state index in [1.807, 2.05) is 36.4 Å². The Morgan fingerprint density at radius 1 is 0.893 bits per heavy atom. The SMILES string of the molecule is O=C(NC1CCCCCC1)c1ccccc1NC(=O)c1nsc2ccccc12. The predicted octanol–water partition coefficient (Wildman–Crippen LogP) is 5.00. The molecule has 1 heterocycles. The highest BCUT2D eigenvalue weighted by molar-refractivity contribution is 7.13. The topological polar surface area (TPSA) is 71.1 Å². The zero-order valence-corrected chi connectivity index (χ0v) is 16.4. The molecule has 2 amide bonds. The quantitative estimate of drug-likeness (QED) is 0.613. The fourth-order valence-electron chi connectivity index (χ4n) is 3.71. The second-order valence-corrected chi connectivity index (χ2v) is 7.99. The van der Waals surface area contributed by atoms with Crippen molar-refractivity contribution < 1.29 is 9.59 Å². The molecule has 0 radical (unpaired) electrons. The molecule has 6 heteroatoms. The van der Waals surface area contributed by atoms with Gasteiger partial charge in [-0.15, -0.1) is 0 Å². The van der Waals surface area contributed by atoms with Crippen LogP contribution in [0.15, 0.2) is 48.5 Å². The molecule has 4 rings (SSSR count). The first-order valence-electron chi connectivity index (χ1n) is 9.78. The number of nitrogens with one attached hydrogen (secondary N) is 2. The van der Waals surface area contributed by atoms with Gasteiger partial charge in [0, 0.05) is 11.4 Å². The zero-order chi connectivity index (χ0) is 19.3. The van der Waals surface area contributed by atoms with Gasteiger partial charge < -0.3 is 10.6 Å². The van der Waals surface area contributed by atoms with Crippen LogP contribution >= 0.6 is 11.5 Å². The second-order valence-electron chi connectivity index (χ2n) is 7.19. The van der Waals surface area contributed by atoms with Gasteiger partial charge in [-0.25, -0.2) is 0 Å². The Balaban J connectivity index is 1.52. The number of amides is 2.